The summed E-state index contributed by atoms with van der Waals surface area (Å²) in [4.78, 5) is 37.4. The predicted molar refractivity (Wildman–Crippen MR) is 90.9 cm³/mol. The fraction of sp³-hybridized carbons (Fsp3) is 0.222. The van der Waals surface area contributed by atoms with Crippen molar-refractivity contribution in [3.05, 3.63) is 63.1 Å². The van der Waals surface area contributed by atoms with E-state index in [1.54, 1.807) is 24.3 Å². The number of ether oxygens (including phenoxy) is 1. The van der Waals surface area contributed by atoms with Crippen LogP contribution in [0.25, 0.3) is 0 Å². The van der Waals surface area contributed by atoms with Gasteiger partial charge < -0.3 is 19.8 Å². The zero-order valence-electron chi connectivity index (χ0n) is 14.1. The number of rotatable bonds is 4. The van der Waals surface area contributed by atoms with Gasteiger partial charge in [-0.15, -0.1) is 0 Å². The van der Waals surface area contributed by atoms with Crippen LogP contribution in [0.3, 0.4) is 0 Å². The molecule has 0 unspecified atom stereocenters. The number of hydrogen-bond acceptors (Lipinski definition) is 6. The molecule has 1 aliphatic rings. The van der Waals surface area contributed by atoms with Crippen molar-refractivity contribution in [1.29, 1.82) is 5.26 Å². The molecule has 9 heteroatoms. The quantitative estimate of drug-likeness (QED) is 0.821. The molecule has 1 aromatic carbocycles. The normalized spacial score (nSPS) is 12.3. The average molecular weight is 369 g/mol. The van der Waals surface area contributed by atoms with Gasteiger partial charge in [0.05, 0.1) is 30.5 Å². The number of hydrogen-bond donors (Lipinski definition) is 2. The van der Waals surface area contributed by atoms with E-state index in [4.69, 9.17) is 15.1 Å². The molecule has 0 aliphatic carbocycles. The molecule has 138 valence electrons. The van der Waals surface area contributed by atoms with Crippen LogP contribution >= 0.6 is 0 Å². The van der Waals surface area contributed by atoms with E-state index in [9.17, 15) is 19.5 Å². The third-order valence-corrected chi connectivity index (χ3v) is 4.14. The molecule has 27 heavy (non-hydrogen) atoms. The molecule has 0 bridgehead atoms. The fourth-order valence-corrected chi connectivity index (χ4v) is 2.85. The second-order valence-electron chi connectivity index (χ2n) is 5.96. The summed E-state index contributed by atoms with van der Waals surface area (Å²) in [6.45, 7) is -0.673. The second kappa shape index (κ2) is 7.31. The van der Waals surface area contributed by atoms with Crippen LogP contribution < -0.4 is 5.56 Å². The van der Waals surface area contributed by atoms with Crippen LogP contribution in [0.4, 0.5) is 4.79 Å². The number of benzene rings is 1. The summed E-state index contributed by atoms with van der Waals surface area (Å²) in [6, 6.07) is 8.37. The first-order valence-electron chi connectivity index (χ1n) is 7.95. The summed E-state index contributed by atoms with van der Waals surface area (Å²) in [5.41, 5.74) is 0.802. The molecular weight excluding hydrogens is 354 g/mol. The average Bonchev–Trinajstić information content (AvgIpc) is 3.11. The topological polar surface area (TPSA) is 133 Å². The van der Waals surface area contributed by atoms with Crippen LogP contribution in [0, 0.1) is 11.3 Å². The molecule has 0 fully saturated rings. The van der Waals surface area contributed by atoms with Crippen molar-refractivity contribution in [2.45, 2.75) is 19.8 Å². The fourth-order valence-electron chi connectivity index (χ4n) is 2.85. The molecule has 1 amide bonds. The largest absolute Gasteiger partial charge is 0.507 e. The highest BCUT2D eigenvalue weighted by Crippen LogP contribution is 2.26. The smallest absolute Gasteiger partial charge is 0.332 e. The van der Waals surface area contributed by atoms with Gasteiger partial charge in [-0.25, -0.2) is 9.36 Å². The summed E-state index contributed by atoms with van der Waals surface area (Å²) < 4.78 is 6.04. The Bertz CT molecular complexity index is 1000. The molecule has 1 aromatic heterocycles. The molecular formula is C18H15N3O6. The number of pyridine rings is 1. The molecule has 0 saturated carbocycles. The van der Waals surface area contributed by atoms with E-state index in [0.29, 0.717) is 16.7 Å². The minimum Gasteiger partial charge on any atom is -0.507 e. The van der Waals surface area contributed by atoms with Crippen LogP contribution in [-0.4, -0.2) is 38.2 Å². The number of amides is 1. The number of carbonyl (C=O) groups excluding carboxylic acids is 1. The maximum absolute atomic E-state index is 12.9. The number of carboxylic acid groups (broad SMARTS) is 1. The van der Waals surface area contributed by atoms with Gasteiger partial charge >= 0.3 is 12.0 Å². The van der Waals surface area contributed by atoms with Crippen molar-refractivity contribution in [3.8, 4) is 11.8 Å². The zero-order valence-corrected chi connectivity index (χ0v) is 14.1. The van der Waals surface area contributed by atoms with E-state index in [-0.39, 0.29) is 31.2 Å². The summed E-state index contributed by atoms with van der Waals surface area (Å²) in [7, 11) is 0. The summed E-state index contributed by atoms with van der Waals surface area (Å²) in [5, 5.41) is 27.9. The van der Waals surface area contributed by atoms with E-state index < -0.39 is 24.1 Å². The van der Waals surface area contributed by atoms with Crippen LogP contribution in [0.2, 0.25) is 0 Å². The first-order chi connectivity index (χ1) is 12.9. The van der Waals surface area contributed by atoms with E-state index in [1.165, 1.54) is 0 Å². The van der Waals surface area contributed by atoms with Crippen molar-refractivity contribution in [3.63, 3.8) is 0 Å². The van der Waals surface area contributed by atoms with Crippen molar-refractivity contribution in [2.24, 2.45) is 0 Å². The van der Waals surface area contributed by atoms with Crippen molar-refractivity contribution in [1.82, 2.24) is 9.47 Å². The highest BCUT2D eigenvalue weighted by Gasteiger charge is 2.28. The lowest BCUT2D eigenvalue weighted by Crippen LogP contribution is -2.43. The number of nitriles is 1. The minimum atomic E-state index is -1.24. The standard InChI is InChI=1S/C18H15N3O6/c19-6-11-1-3-12(4-2-11)7-20(8-17(24)25)18(26)21-14-10-27-9-13(14)15(22)5-16(21)23/h1-5,22H,7-10H2,(H,24,25). The number of fused-ring (bicyclic) bond motifs is 1. The number of carboxylic acids is 1. The highest BCUT2D eigenvalue weighted by molar-refractivity contribution is 5.82. The van der Waals surface area contributed by atoms with E-state index in [1.807, 2.05) is 6.07 Å². The second-order valence-corrected chi connectivity index (χ2v) is 5.96. The third-order valence-electron chi connectivity index (χ3n) is 4.14. The predicted octanol–water partition coefficient (Wildman–Crippen LogP) is 1.01. The van der Waals surface area contributed by atoms with Crippen LogP contribution in [-0.2, 0) is 29.3 Å². The van der Waals surface area contributed by atoms with Gasteiger partial charge in [0.1, 0.15) is 12.3 Å². The van der Waals surface area contributed by atoms with Crippen LogP contribution in [0.5, 0.6) is 5.75 Å². The lowest BCUT2D eigenvalue weighted by atomic mass is 10.1. The Kier molecular flexibility index (Phi) is 4.92. The Balaban J connectivity index is 1.97. The summed E-state index contributed by atoms with van der Waals surface area (Å²) in [6.07, 6.45) is 0. The number of aliphatic carboxylic acids is 1. The van der Waals surface area contributed by atoms with Crippen molar-refractivity contribution >= 4 is 12.0 Å². The summed E-state index contributed by atoms with van der Waals surface area (Å²) in [5.74, 6) is -1.50. The Hall–Kier alpha value is -3.64. The molecule has 3 rings (SSSR count). The van der Waals surface area contributed by atoms with Crippen molar-refractivity contribution < 1.29 is 24.5 Å². The molecule has 2 heterocycles. The zero-order chi connectivity index (χ0) is 19.6. The van der Waals surface area contributed by atoms with Gasteiger partial charge in [0, 0.05) is 18.2 Å². The molecule has 0 atom stereocenters. The van der Waals surface area contributed by atoms with Gasteiger partial charge in [-0.2, -0.15) is 5.26 Å². The van der Waals surface area contributed by atoms with E-state index >= 15 is 0 Å². The number of aromatic nitrogens is 1. The van der Waals surface area contributed by atoms with E-state index in [0.717, 1.165) is 15.5 Å². The van der Waals surface area contributed by atoms with Gasteiger partial charge in [0.25, 0.3) is 5.56 Å². The highest BCUT2D eigenvalue weighted by atomic mass is 16.5. The molecule has 0 spiro atoms. The Morgan fingerprint density at radius 2 is 1.96 bits per heavy atom. The maximum Gasteiger partial charge on any atom is 0.332 e. The first-order valence-corrected chi connectivity index (χ1v) is 7.95. The van der Waals surface area contributed by atoms with E-state index in [2.05, 4.69) is 0 Å². The first kappa shape index (κ1) is 18.2. The maximum atomic E-state index is 12.9. The molecule has 1 aliphatic heterocycles. The monoisotopic (exact) mass is 369 g/mol. The third kappa shape index (κ3) is 3.65. The van der Waals surface area contributed by atoms with Gasteiger partial charge in [0.15, 0.2) is 0 Å². The van der Waals surface area contributed by atoms with Gasteiger partial charge in [0.2, 0.25) is 0 Å². The molecule has 9 nitrogen and oxygen atoms in total. The van der Waals surface area contributed by atoms with Gasteiger partial charge in [-0.3, -0.25) is 9.59 Å². The minimum absolute atomic E-state index is 0.0392. The summed E-state index contributed by atoms with van der Waals surface area (Å²) >= 11 is 0. The molecule has 2 aromatic rings. The number of aromatic hydroxyl groups is 1. The number of carbonyl (C=O) groups is 2. The Labute approximate surface area is 153 Å². The van der Waals surface area contributed by atoms with Crippen molar-refractivity contribution in [2.75, 3.05) is 6.54 Å². The number of nitrogens with zero attached hydrogens (tertiary/aromatic N) is 3. The lowest BCUT2D eigenvalue weighted by Gasteiger charge is -2.23. The van der Waals surface area contributed by atoms with Gasteiger partial charge in [-0.1, -0.05) is 12.1 Å². The lowest BCUT2D eigenvalue weighted by molar-refractivity contribution is -0.137. The molecule has 2 N–H and O–H groups in total. The van der Waals surface area contributed by atoms with Crippen LogP contribution in [0.15, 0.2) is 35.1 Å². The SMILES string of the molecule is N#Cc1ccc(CN(CC(=O)O)C(=O)n2c3c(c(O)cc2=O)COC3)cc1. The van der Waals surface area contributed by atoms with Crippen LogP contribution in [0.1, 0.15) is 22.4 Å². The Morgan fingerprint density at radius 1 is 1.26 bits per heavy atom. The van der Waals surface area contributed by atoms with Gasteiger partial charge in [-0.05, 0) is 17.7 Å². The molecule has 0 radical (unpaired) electrons. The molecule has 0 saturated heterocycles. The Morgan fingerprint density at radius 3 is 2.59 bits per heavy atom.